The average molecular weight is 279 g/mol. The number of nitriles is 1. The van der Waals surface area contributed by atoms with Crippen LogP contribution < -0.4 is 5.32 Å². The molecule has 2 rings (SSSR count). The Hall–Kier alpha value is -2.67. The Kier molecular flexibility index (Phi) is 4.68. The number of carbonyl (C=O) groups is 1. The van der Waals surface area contributed by atoms with Crippen LogP contribution in [0.1, 0.15) is 16.7 Å². The highest BCUT2D eigenvalue weighted by atomic mass is 16.1. The predicted octanol–water partition coefficient (Wildman–Crippen LogP) is 3.02. The van der Waals surface area contributed by atoms with Crippen LogP contribution in [0.4, 0.5) is 5.69 Å². The Morgan fingerprint density at radius 1 is 1.29 bits per heavy atom. The zero-order chi connectivity index (χ0) is 15.2. The van der Waals surface area contributed by atoms with Crippen molar-refractivity contribution in [2.24, 2.45) is 5.92 Å². The highest BCUT2D eigenvalue weighted by molar-refractivity contribution is 5.95. The van der Waals surface area contributed by atoms with E-state index < -0.39 is 5.92 Å². The van der Waals surface area contributed by atoms with Gasteiger partial charge in [-0.15, -0.1) is 0 Å². The summed E-state index contributed by atoms with van der Waals surface area (Å²) in [5.74, 6) is -0.990. The molecule has 0 aliphatic heterocycles. The van der Waals surface area contributed by atoms with Gasteiger partial charge in [-0.2, -0.15) is 5.26 Å². The number of hydrogen-bond donors (Lipinski definition) is 1. The molecule has 1 N–H and O–H groups in total. The monoisotopic (exact) mass is 279 g/mol. The van der Waals surface area contributed by atoms with Crippen molar-refractivity contribution in [2.75, 3.05) is 5.32 Å². The van der Waals surface area contributed by atoms with Crippen LogP contribution in [-0.2, 0) is 11.2 Å². The quantitative estimate of drug-likeness (QED) is 0.935. The number of amides is 1. The lowest BCUT2D eigenvalue weighted by atomic mass is 10.0. The second kappa shape index (κ2) is 6.67. The summed E-state index contributed by atoms with van der Waals surface area (Å²) in [5, 5.41) is 12.1. The molecule has 0 saturated carbocycles. The maximum atomic E-state index is 12.3. The van der Waals surface area contributed by atoms with Gasteiger partial charge in [0.2, 0.25) is 5.91 Å². The van der Waals surface area contributed by atoms with E-state index >= 15 is 0 Å². The number of aryl methyl sites for hydroxylation is 2. The molecular formula is C17H17N3O. The normalized spacial score (nSPS) is 11.5. The first kappa shape index (κ1) is 14.7. The molecule has 0 spiro atoms. The number of hydrogen-bond acceptors (Lipinski definition) is 3. The number of rotatable bonds is 4. The summed E-state index contributed by atoms with van der Waals surface area (Å²) in [6.45, 7) is 3.90. The summed E-state index contributed by atoms with van der Waals surface area (Å²) >= 11 is 0. The van der Waals surface area contributed by atoms with E-state index in [2.05, 4.69) is 16.4 Å². The van der Waals surface area contributed by atoms with Crippen molar-refractivity contribution in [3.05, 3.63) is 59.4 Å². The van der Waals surface area contributed by atoms with Gasteiger partial charge in [0.05, 0.1) is 6.07 Å². The third-order valence-corrected chi connectivity index (χ3v) is 3.31. The van der Waals surface area contributed by atoms with Gasteiger partial charge in [-0.25, -0.2) is 0 Å². The molecule has 0 fully saturated rings. The second-order valence-corrected chi connectivity index (χ2v) is 5.05. The molecule has 0 bridgehead atoms. The number of aromatic nitrogens is 1. The van der Waals surface area contributed by atoms with Gasteiger partial charge >= 0.3 is 0 Å². The fourth-order valence-corrected chi connectivity index (χ4v) is 2.04. The van der Waals surface area contributed by atoms with Crippen LogP contribution >= 0.6 is 0 Å². The molecule has 1 amide bonds. The van der Waals surface area contributed by atoms with E-state index in [1.54, 1.807) is 12.4 Å². The standard InChI is InChI=1S/C17H17N3O/c1-12-3-4-13(2)16(9-12)20-17(21)15(11-18)10-14-5-7-19-8-6-14/h3-9,15H,10H2,1-2H3,(H,20,21). The molecule has 1 atom stereocenters. The number of anilines is 1. The summed E-state index contributed by atoms with van der Waals surface area (Å²) in [4.78, 5) is 16.2. The molecule has 0 saturated heterocycles. The lowest BCUT2D eigenvalue weighted by Crippen LogP contribution is -2.23. The van der Waals surface area contributed by atoms with Gasteiger partial charge in [0.1, 0.15) is 5.92 Å². The number of carbonyl (C=O) groups excluding carboxylic acids is 1. The average Bonchev–Trinajstić information content (AvgIpc) is 2.49. The van der Waals surface area contributed by atoms with Gasteiger partial charge in [0, 0.05) is 18.1 Å². The molecule has 0 aliphatic carbocycles. The molecule has 1 aromatic heterocycles. The first-order valence-corrected chi connectivity index (χ1v) is 6.77. The third kappa shape index (κ3) is 3.90. The summed E-state index contributed by atoms with van der Waals surface area (Å²) < 4.78 is 0. The zero-order valence-electron chi connectivity index (χ0n) is 12.1. The van der Waals surface area contributed by atoms with Gasteiger partial charge in [-0.1, -0.05) is 12.1 Å². The molecule has 2 aromatic rings. The van der Waals surface area contributed by atoms with Crippen molar-refractivity contribution in [3.8, 4) is 6.07 Å². The maximum absolute atomic E-state index is 12.3. The first-order valence-electron chi connectivity index (χ1n) is 6.77. The minimum atomic E-state index is -0.715. The highest BCUT2D eigenvalue weighted by Crippen LogP contribution is 2.18. The largest absolute Gasteiger partial charge is 0.325 e. The van der Waals surface area contributed by atoms with E-state index in [1.807, 2.05) is 44.2 Å². The summed E-state index contributed by atoms with van der Waals surface area (Å²) in [6.07, 6.45) is 3.70. The predicted molar refractivity (Wildman–Crippen MR) is 81.6 cm³/mol. The van der Waals surface area contributed by atoms with E-state index in [0.717, 1.165) is 22.4 Å². The Morgan fingerprint density at radius 3 is 2.67 bits per heavy atom. The van der Waals surface area contributed by atoms with E-state index in [0.29, 0.717) is 6.42 Å². The Morgan fingerprint density at radius 2 is 2.00 bits per heavy atom. The fraction of sp³-hybridized carbons (Fsp3) is 0.235. The molecule has 0 radical (unpaired) electrons. The van der Waals surface area contributed by atoms with Gasteiger partial charge in [0.15, 0.2) is 0 Å². The Bertz CT molecular complexity index is 674. The summed E-state index contributed by atoms with van der Waals surface area (Å²) in [5.41, 5.74) is 3.73. The summed E-state index contributed by atoms with van der Waals surface area (Å²) in [6, 6.07) is 11.6. The molecule has 106 valence electrons. The molecule has 1 unspecified atom stereocenters. The van der Waals surface area contributed by atoms with E-state index in [4.69, 9.17) is 0 Å². The van der Waals surface area contributed by atoms with Crippen LogP contribution in [0.2, 0.25) is 0 Å². The SMILES string of the molecule is Cc1ccc(C)c(NC(=O)C(C#N)Cc2ccncc2)c1. The van der Waals surface area contributed by atoms with Crippen LogP contribution in [0.25, 0.3) is 0 Å². The van der Waals surface area contributed by atoms with E-state index in [-0.39, 0.29) is 5.91 Å². The lowest BCUT2D eigenvalue weighted by Gasteiger charge is -2.12. The number of pyridine rings is 1. The van der Waals surface area contributed by atoms with Crippen molar-refractivity contribution in [1.29, 1.82) is 5.26 Å². The number of nitrogens with one attached hydrogen (secondary N) is 1. The van der Waals surface area contributed by atoms with Crippen LogP contribution in [0.3, 0.4) is 0 Å². The minimum absolute atomic E-state index is 0.275. The van der Waals surface area contributed by atoms with Gasteiger partial charge in [-0.05, 0) is 55.2 Å². The third-order valence-electron chi connectivity index (χ3n) is 3.31. The topological polar surface area (TPSA) is 65.8 Å². The lowest BCUT2D eigenvalue weighted by molar-refractivity contribution is -0.118. The van der Waals surface area contributed by atoms with Crippen molar-refractivity contribution < 1.29 is 4.79 Å². The fourth-order valence-electron chi connectivity index (χ4n) is 2.04. The van der Waals surface area contributed by atoms with Crippen molar-refractivity contribution in [3.63, 3.8) is 0 Å². The number of benzene rings is 1. The van der Waals surface area contributed by atoms with Crippen molar-refractivity contribution in [2.45, 2.75) is 20.3 Å². The van der Waals surface area contributed by atoms with Gasteiger partial charge < -0.3 is 5.32 Å². The second-order valence-electron chi connectivity index (χ2n) is 5.05. The smallest absolute Gasteiger partial charge is 0.242 e. The van der Waals surface area contributed by atoms with Crippen molar-refractivity contribution >= 4 is 11.6 Å². The van der Waals surface area contributed by atoms with Gasteiger partial charge in [0.25, 0.3) is 0 Å². The van der Waals surface area contributed by atoms with Gasteiger partial charge in [-0.3, -0.25) is 9.78 Å². The number of nitrogens with zero attached hydrogens (tertiary/aromatic N) is 2. The van der Waals surface area contributed by atoms with E-state index in [9.17, 15) is 10.1 Å². The molecule has 1 aromatic carbocycles. The summed E-state index contributed by atoms with van der Waals surface area (Å²) in [7, 11) is 0. The van der Waals surface area contributed by atoms with Crippen LogP contribution in [0.15, 0.2) is 42.7 Å². The highest BCUT2D eigenvalue weighted by Gasteiger charge is 2.19. The molecule has 4 heteroatoms. The molecule has 0 aliphatic rings. The maximum Gasteiger partial charge on any atom is 0.242 e. The Balaban J connectivity index is 2.10. The minimum Gasteiger partial charge on any atom is -0.325 e. The van der Waals surface area contributed by atoms with Crippen LogP contribution in [0, 0.1) is 31.1 Å². The van der Waals surface area contributed by atoms with Crippen LogP contribution in [0.5, 0.6) is 0 Å². The van der Waals surface area contributed by atoms with E-state index in [1.165, 1.54) is 0 Å². The molecule has 1 heterocycles. The Labute approximate surface area is 124 Å². The first-order chi connectivity index (χ1) is 10.1. The molecule has 21 heavy (non-hydrogen) atoms. The molecular weight excluding hydrogens is 262 g/mol. The zero-order valence-corrected chi connectivity index (χ0v) is 12.1. The molecule has 4 nitrogen and oxygen atoms in total. The van der Waals surface area contributed by atoms with Crippen molar-refractivity contribution in [1.82, 2.24) is 4.98 Å². The van der Waals surface area contributed by atoms with Crippen LogP contribution in [-0.4, -0.2) is 10.9 Å².